The molecule has 2 heterocycles. The maximum absolute atomic E-state index is 12.7. The number of aromatic amines is 1. The summed E-state index contributed by atoms with van der Waals surface area (Å²) in [6.07, 6.45) is 5.85. The predicted molar refractivity (Wildman–Crippen MR) is 130 cm³/mol. The molecule has 0 radical (unpaired) electrons. The molecule has 2 aromatic carbocycles. The van der Waals surface area contributed by atoms with E-state index in [1.807, 2.05) is 18.2 Å². The summed E-state index contributed by atoms with van der Waals surface area (Å²) in [7, 11) is 0. The molecule has 1 atom stereocenters. The van der Waals surface area contributed by atoms with Crippen LogP contribution in [0.3, 0.4) is 0 Å². The number of amides is 1. The first-order valence-electron chi connectivity index (χ1n) is 11.8. The van der Waals surface area contributed by atoms with E-state index in [1.54, 1.807) is 0 Å². The molecule has 1 amide bonds. The van der Waals surface area contributed by atoms with Crippen LogP contribution in [0.2, 0.25) is 5.02 Å². The van der Waals surface area contributed by atoms with Crippen LogP contribution in [0.4, 0.5) is 0 Å². The molecule has 168 valence electrons. The summed E-state index contributed by atoms with van der Waals surface area (Å²) in [6.45, 7) is 4.77. The van der Waals surface area contributed by atoms with Gasteiger partial charge in [0.2, 0.25) is 0 Å². The van der Waals surface area contributed by atoms with Gasteiger partial charge < -0.3 is 20.5 Å². The smallest absolute Gasteiger partial charge is 0.251 e. The van der Waals surface area contributed by atoms with E-state index < -0.39 is 0 Å². The zero-order valence-corrected chi connectivity index (χ0v) is 19.2. The zero-order chi connectivity index (χ0) is 21.9. The normalized spacial score (nSPS) is 18.7. The summed E-state index contributed by atoms with van der Waals surface area (Å²) in [5, 5.41) is 8.76. The third kappa shape index (κ3) is 4.70. The Kier molecular flexibility index (Phi) is 6.49. The molecule has 1 aliphatic carbocycles. The van der Waals surface area contributed by atoms with Crippen molar-refractivity contribution in [2.24, 2.45) is 0 Å². The number of halogens is 1. The van der Waals surface area contributed by atoms with Crippen LogP contribution in [0.25, 0.3) is 10.9 Å². The van der Waals surface area contributed by atoms with Crippen LogP contribution in [0, 0.1) is 0 Å². The highest BCUT2D eigenvalue weighted by atomic mass is 35.5. The van der Waals surface area contributed by atoms with Gasteiger partial charge in [-0.1, -0.05) is 23.7 Å². The lowest BCUT2D eigenvalue weighted by Crippen LogP contribution is -2.33. The quantitative estimate of drug-likeness (QED) is 0.484. The molecule has 3 aromatic rings. The van der Waals surface area contributed by atoms with Gasteiger partial charge in [-0.2, -0.15) is 0 Å². The van der Waals surface area contributed by atoms with Crippen LogP contribution < -0.4 is 10.6 Å². The Hall–Kier alpha value is -2.34. The Bertz CT molecular complexity index is 1090. The molecule has 32 heavy (non-hydrogen) atoms. The van der Waals surface area contributed by atoms with E-state index in [0.717, 1.165) is 61.5 Å². The highest BCUT2D eigenvalue weighted by Gasteiger charge is 2.24. The van der Waals surface area contributed by atoms with E-state index in [2.05, 4.69) is 44.8 Å². The molecule has 1 unspecified atom stereocenters. The Balaban J connectivity index is 1.28. The molecular weight excluding hydrogens is 420 g/mol. The van der Waals surface area contributed by atoms with Crippen molar-refractivity contribution in [2.45, 2.75) is 44.7 Å². The maximum atomic E-state index is 12.7. The van der Waals surface area contributed by atoms with Crippen LogP contribution in [-0.2, 0) is 13.0 Å². The number of rotatable bonds is 7. The second kappa shape index (κ2) is 9.65. The van der Waals surface area contributed by atoms with Crippen molar-refractivity contribution in [3.05, 3.63) is 69.9 Å². The van der Waals surface area contributed by atoms with Crippen molar-refractivity contribution in [3.8, 4) is 0 Å². The number of carbonyl (C=O) groups is 1. The summed E-state index contributed by atoms with van der Waals surface area (Å²) < 4.78 is 0. The fourth-order valence-corrected chi connectivity index (χ4v) is 5.21. The molecule has 1 aliphatic heterocycles. The standard InChI is InChI=1S/C26H31ClN4O/c27-20-9-6-18(7-10-20)17-29-24-5-3-4-21-22-16-19(8-11-23(22)30-25(21)24)26(32)28-12-15-31-13-1-2-14-31/h6-11,16,24,29-30H,1-5,12-15,17H2,(H,28,32). The van der Waals surface area contributed by atoms with Gasteiger partial charge in [-0.15, -0.1) is 0 Å². The number of fused-ring (bicyclic) bond motifs is 3. The molecule has 0 saturated carbocycles. The third-order valence-electron chi connectivity index (χ3n) is 6.85. The highest BCUT2D eigenvalue weighted by molar-refractivity contribution is 6.30. The molecule has 1 aromatic heterocycles. The lowest BCUT2D eigenvalue weighted by molar-refractivity contribution is 0.0950. The minimum atomic E-state index is 0.0225. The molecule has 5 nitrogen and oxygen atoms in total. The number of H-pyrrole nitrogens is 1. The van der Waals surface area contributed by atoms with Crippen molar-refractivity contribution in [3.63, 3.8) is 0 Å². The summed E-state index contributed by atoms with van der Waals surface area (Å²) in [6, 6.07) is 14.4. The number of likely N-dealkylation sites (tertiary alicyclic amines) is 1. The van der Waals surface area contributed by atoms with Gasteiger partial charge in [0, 0.05) is 52.9 Å². The van der Waals surface area contributed by atoms with E-state index in [1.165, 1.54) is 35.0 Å². The van der Waals surface area contributed by atoms with Crippen molar-refractivity contribution in [1.29, 1.82) is 0 Å². The van der Waals surface area contributed by atoms with Crippen molar-refractivity contribution >= 4 is 28.4 Å². The Labute approximate surface area is 194 Å². The van der Waals surface area contributed by atoms with Crippen LogP contribution in [0.5, 0.6) is 0 Å². The summed E-state index contributed by atoms with van der Waals surface area (Å²) >= 11 is 6.01. The zero-order valence-electron chi connectivity index (χ0n) is 18.4. The summed E-state index contributed by atoms with van der Waals surface area (Å²) in [5.41, 5.74) is 5.71. The molecule has 1 saturated heterocycles. The van der Waals surface area contributed by atoms with Crippen molar-refractivity contribution in [1.82, 2.24) is 20.5 Å². The van der Waals surface area contributed by atoms with Gasteiger partial charge in [0.15, 0.2) is 0 Å². The van der Waals surface area contributed by atoms with Gasteiger partial charge in [-0.05, 0) is 86.7 Å². The van der Waals surface area contributed by atoms with Crippen molar-refractivity contribution in [2.75, 3.05) is 26.2 Å². The summed E-state index contributed by atoms with van der Waals surface area (Å²) in [4.78, 5) is 18.8. The van der Waals surface area contributed by atoms with E-state index in [-0.39, 0.29) is 5.91 Å². The molecule has 0 bridgehead atoms. The Morgan fingerprint density at radius 2 is 1.91 bits per heavy atom. The molecule has 2 aliphatic rings. The average molecular weight is 451 g/mol. The largest absolute Gasteiger partial charge is 0.357 e. The number of hydrogen-bond donors (Lipinski definition) is 3. The van der Waals surface area contributed by atoms with Crippen molar-refractivity contribution < 1.29 is 4.79 Å². The predicted octanol–water partition coefficient (Wildman–Crippen LogP) is 4.81. The number of nitrogens with one attached hydrogen (secondary N) is 3. The molecular formula is C26H31ClN4O. The molecule has 0 spiro atoms. The van der Waals surface area contributed by atoms with E-state index in [4.69, 9.17) is 11.6 Å². The second-order valence-electron chi connectivity index (χ2n) is 9.03. The number of nitrogens with zero attached hydrogens (tertiary/aromatic N) is 1. The first-order valence-corrected chi connectivity index (χ1v) is 12.2. The molecule has 5 rings (SSSR count). The van der Waals surface area contributed by atoms with Gasteiger partial charge >= 0.3 is 0 Å². The van der Waals surface area contributed by atoms with Gasteiger partial charge in [0.25, 0.3) is 5.91 Å². The van der Waals surface area contributed by atoms with Gasteiger partial charge in [0.1, 0.15) is 0 Å². The van der Waals surface area contributed by atoms with Crippen LogP contribution in [-0.4, -0.2) is 42.0 Å². The first-order chi connectivity index (χ1) is 15.7. The fourth-order valence-electron chi connectivity index (χ4n) is 5.09. The van der Waals surface area contributed by atoms with E-state index in [0.29, 0.717) is 12.6 Å². The van der Waals surface area contributed by atoms with E-state index >= 15 is 0 Å². The number of benzene rings is 2. The average Bonchev–Trinajstić information content (AvgIpc) is 3.46. The maximum Gasteiger partial charge on any atom is 0.251 e. The molecule has 1 fully saturated rings. The Morgan fingerprint density at radius 1 is 1.09 bits per heavy atom. The van der Waals surface area contributed by atoms with Crippen LogP contribution in [0.15, 0.2) is 42.5 Å². The minimum absolute atomic E-state index is 0.0225. The third-order valence-corrected chi connectivity index (χ3v) is 7.10. The van der Waals surface area contributed by atoms with Gasteiger partial charge in [0.05, 0.1) is 0 Å². The number of hydrogen-bond acceptors (Lipinski definition) is 3. The molecule has 6 heteroatoms. The fraction of sp³-hybridized carbons (Fsp3) is 0.423. The minimum Gasteiger partial charge on any atom is -0.357 e. The number of carbonyl (C=O) groups excluding carboxylic acids is 1. The molecule has 3 N–H and O–H groups in total. The lowest BCUT2D eigenvalue weighted by atomic mass is 9.91. The lowest BCUT2D eigenvalue weighted by Gasteiger charge is -2.24. The SMILES string of the molecule is O=C(NCCN1CCCC1)c1ccc2[nH]c3c(c2c1)CCCC3NCc1ccc(Cl)cc1. The van der Waals surface area contributed by atoms with Gasteiger partial charge in [-0.25, -0.2) is 0 Å². The first kappa shape index (κ1) is 21.5. The van der Waals surface area contributed by atoms with Gasteiger partial charge in [-0.3, -0.25) is 4.79 Å². The topological polar surface area (TPSA) is 60.2 Å². The van der Waals surface area contributed by atoms with E-state index in [9.17, 15) is 4.79 Å². The Morgan fingerprint density at radius 3 is 2.72 bits per heavy atom. The summed E-state index contributed by atoms with van der Waals surface area (Å²) in [5.74, 6) is 0.0225. The second-order valence-corrected chi connectivity index (χ2v) is 9.47. The van der Waals surface area contributed by atoms with Crippen LogP contribution in [0.1, 0.15) is 58.9 Å². The highest BCUT2D eigenvalue weighted by Crippen LogP contribution is 2.35. The number of aryl methyl sites for hydroxylation is 1. The van der Waals surface area contributed by atoms with Crippen LogP contribution >= 0.6 is 11.6 Å². The monoisotopic (exact) mass is 450 g/mol. The number of aromatic nitrogens is 1.